The molecule has 0 spiro atoms. The van der Waals surface area contributed by atoms with Crippen LogP contribution in [0.15, 0.2) is 0 Å². The summed E-state index contributed by atoms with van der Waals surface area (Å²) in [7, 11) is 3.70. The molecular weight excluding hydrogens is 258 g/mol. The molecule has 0 radical (unpaired) electrons. The molecule has 1 aromatic rings. The van der Waals surface area contributed by atoms with Crippen molar-refractivity contribution in [3.63, 3.8) is 0 Å². The number of anilines is 1. The lowest BCUT2D eigenvalue weighted by Crippen LogP contribution is -2.37. The zero-order valence-electron chi connectivity index (χ0n) is 12.5. The Morgan fingerprint density at radius 3 is 2.63 bits per heavy atom. The van der Waals surface area contributed by atoms with Crippen LogP contribution in [0.5, 0.6) is 0 Å². The summed E-state index contributed by atoms with van der Waals surface area (Å²) in [6.45, 7) is 8.42. The van der Waals surface area contributed by atoms with E-state index in [1.807, 2.05) is 7.05 Å². The van der Waals surface area contributed by atoms with Gasteiger partial charge in [-0.15, -0.1) is 11.3 Å². The van der Waals surface area contributed by atoms with Gasteiger partial charge >= 0.3 is 0 Å². The first-order valence-corrected chi connectivity index (χ1v) is 7.74. The summed E-state index contributed by atoms with van der Waals surface area (Å²) in [5.74, 6) is 0. The number of ether oxygens (including phenoxy) is 1. The van der Waals surface area contributed by atoms with E-state index in [0.717, 1.165) is 30.5 Å². The molecule has 0 aromatic carbocycles. The average Bonchev–Trinajstić information content (AvgIpc) is 2.73. The molecule has 0 amide bonds. The fraction of sp³-hybridized carbons (Fsp3) is 0.786. The molecule has 1 fully saturated rings. The maximum absolute atomic E-state index is 5.25. The van der Waals surface area contributed by atoms with Crippen LogP contribution in [-0.4, -0.2) is 32.2 Å². The molecule has 2 rings (SSSR count). The minimum absolute atomic E-state index is 0.483. The van der Waals surface area contributed by atoms with Crippen molar-refractivity contribution >= 4 is 16.5 Å². The number of nitrogens with one attached hydrogen (secondary N) is 1. The highest BCUT2D eigenvalue weighted by atomic mass is 32.1. The number of nitrogens with zero attached hydrogens (tertiary/aromatic N) is 2. The van der Waals surface area contributed by atoms with Crippen LogP contribution in [-0.2, 0) is 17.9 Å². The van der Waals surface area contributed by atoms with Gasteiger partial charge in [0.25, 0.3) is 0 Å². The quantitative estimate of drug-likeness (QED) is 0.901. The van der Waals surface area contributed by atoms with Crippen molar-refractivity contribution in [2.24, 2.45) is 5.41 Å². The topological polar surface area (TPSA) is 37.4 Å². The maximum Gasteiger partial charge on any atom is 0.185 e. The molecular formula is C14H25N3OS. The predicted octanol–water partition coefficient (Wildman–Crippen LogP) is 2.64. The first-order valence-electron chi connectivity index (χ1n) is 6.93. The van der Waals surface area contributed by atoms with Crippen LogP contribution < -0.4 is 10.2 Å². The van der Waals surface area contributed by atoms with Crippen molar-refractivity contribution < 1.29 is 4.74 Å². The molecule has 0 saturated carbocycles. The lowest BCUT2D eigenvalue weighted by atomic mass is 9.83. The van der Waals surface area contributed by atoms with Gasteiger partial charge in [0.2, 0.25) is 0 Å². The molecule has 1 aliphatic heterocycles. The van der Waals surface area contributed by atoms with Crippen LogP contribution in [0.3, 0.4) is 0 Å². The van der Waals surface area contributed by atoms with E-state index in [0.29, 0.717) is 12.0 Å². The average molecular weight is 283 g/mol. The molecule has 4 nitrogen and oxygen atoms in total. The molecule has 2 heterocycles. The molecule has 5 heteroatoms. The summed E-state index contributed by atoms with van der Waals surface area (Å²) in [5, 5.41) is 4.37. The van der Waals surface area contributed by atoms with Gasteiger partial charge in [-0.25, -0.2) is 4.98 Å². The molecule has 1 aromatic heterocycles. The first kappa shape index (κ1) is 14.8. The fourth-order valence-corrected chi connectivity index (χ4v) is 3.48. The standard InChI is InChI=1S/C14H25N3OS/c1-14(2)5-7-17(8-6-14)13-16-11(10-18-4)12(19-13)9-15-3/h15H,5-10H2,1-4H3. The van der Waals surface area contributed by atoms with Gasteiger partial charge < -0.3 is 15.0 Å². The number of methoxy groups -OCH3 is 1. The highest BCUT2D eigenvalue weighted by molar-refractivity contribution is 7.15. The van der Waals surface area contributed by atoms with Gasteiger partial charge in [0, 0.05) is 31.6 Å². The number of hydrogen-bond acceptors (Lipinski definition) is 5. The van der Waals surface area contributed by atoms with Crippen LogP contribution in [0, 0.1) is 5.41 Å². The second-order valence-electron chi connectivity index (χ2n) is 5.98. The van der Waals surface area contributed by atoms with E-state index in [1.54, 1.807) is 18.4 Å². The number of hydrogen-bond donors (Lipinski definition) is 1. The second-order valence-corrected chi connectivity index (χ2v) is 7.04. The van der Waals surface area contributed by atoms with Gasteiger partial charge in [-0.1, -0.05) is 13.8 Å². The Morgan fingerprint density at radius 2 is 2.05 bits per heavy atom. The van der Waals surface area contributed by atoms with Gasteiger partial charge in [0.05, 0.1) is 12.3 Å². The summed E-state index contributed by atoms with van der Waals surface area (Å²) >= 11 is 1.80. The normalized spacial score (nSPS) is 18.8. The SMILES string of the molecule is CNCc1sc(N2CCC(C)(C)CC2)nc1COC. The zero-order valence-corrected chi connectivity index (χ0v) is 13.3. The van der Waals surface area contributed by atoms with Gasteiger partial charge in [0.1, 0.15) is 0 Å². The van der Waals surface area contributed by atoms with E-state index in [1.165, 1.54) is 17.7 Å². The molecule has 19 heavy (non-hydrogen) atoms. The Kier molecular flexibility index (Phi) is 4.81. The summed E-state index contributed by atoms with van der Waals surface area (Å²) in [6.07, 6.45) is 2.49. The number of rotatable bonds is 5. The number of piperidine rings is 1. The van der Waals surface area contributed by atoms with E-state index in [2.05, 4.69) is 24.1 Å². The van der Waals surface area contributed by atoms with E-state index in [-0.39, 0.29) is 0 Å². The molecule has 1 saturated heterocycles. The largest absolute Gasteiger partial charge is 0.378 e. The Morgan fingerprint density at radius 1 is 1.37 bits per heavy atom. The zero-order chi connectivity index (χ0) is 13.9. The molecule has 0 atom stereocenters. The predicted molar refractivity (Wildman–Crippen MR) is 80.8 cm³/mol. The van der Waals surface area contributed by atoms with Gasteiger partial charge in [-0.05, 0) is 25.3 Å². The lowest BCUT2D eigenvalue weighted by molar-refractivity contribution is 0.181. The van der Waals surface area contributed by atoms with Crippen molar-refractivity contribution in [3.05, 3.63) is 10.6 Å². The van der Waals surface area contributed by atoms with E-state index in [4.69, 9.17) is 9.72 Å². The van der Waals surface area contributed by atoms with Crippen LogP contribution in [0.2, 0.25) is 0 Å². The minimum Gasteiger partial charge on any atom is -0.378 e. The van der Waals surface area contributed by atoms with Crippen molar-refractivity contribution in [1.82, 2.24) is 10.3 Å². The van der Waals surface area contributed by atoms with Crippen molar-refractivity contribution in [2.45, 2.75) is 39.8 Å². The highest BCUT2D eigenvalue weighted by Crippen LogP contribution is 2.34. The highest BCUT2D eigenvalue weighted by Gasteiger charge is 2.27. The third-order valence-corrected chi connectivity index (χ3v) is 4.93. The minimum atomic E-state index is 0.483. The molecule has 1 N–H and O–H groups in total. The molecule has 1 aliphatic rings. The van der Waals surface area contributed by atoms with Gasteiger partial charge in [-0.3, -0.25) is 0 Å². The fourth-order valence-electron chi connectivity index (χ4n) is 2.36. The summed E-state index contributed by atoms with van der Waals surface area (Å²) in [6, 6.07) is 0. The molecule has 0 aliphatic carbocycles. The molecule has 0 bridgehead atoms. The number of thiazole rings is 1. The van der Waals surface area contributed by atoms with Crippen LogP contribution in [0.1, 0.15) is 37.3 Å². The Labute approximate surface area is 120 Å². The Hall–Kier alpha value is -0.650. The lowest BCUT2D eigenvalue weighted by Gasteiger charge is -2.36. The van der Waals surface area contributed by atoms with Crippen molar-refractivity contribution in [2.75, 3.05) is 32.1 Å². The Balaban J connectivity index is 2.10. The smallest absolute Gasteiger partial charge is 0.185 e. The van der Waals surface area contributed by atoms with Crippen molar-refractivity contribution in [1.29, 1.82) is 0 Å². The monoisotopic (exact) mass is 283 g/mol. The van der Waals surface area contributed by atoms with E-state index >= 15 is 0 Å². The maximum atomic E-state index is 5.25. The van der Waals surface area contributed by atoms with Crippen LogP contribution in [0.25, 0.3) is 0 Å². The Bertz CT molecular complexity index is 383. The van der Waals surface area contributed by atoms with Crippen LogP contribution >= 0.6 is 11.3 Å². The molecule has 0 unspecified atom stereocenters. The first-order chi connectivity index (χ1) is 9.05. The van der Waals surface area contributed by atoms with E-state index in [9.17, 15) is 0 Å². The van der Waals surface area contributed by atoms with Gasteiger partial charge in [0.15, 0.2) is 5.13 Å². The van der Waals surface area contributed by atoms with E-state index < -0.39 is 0 Å². The summed E-state index contributed by atoms with van der Waals surface area (Å²) in [5.41, 5.74) is 1.57. The third kappa shape index (κ3) is 3.68. The summed E-state index contributed by atoms with van der Waals surface area (Å²) < 4.78 is 5.25. The van der Waals surface area contributed by atoms with Crippen LogP contribution in [0.4, 0.5) is 5.13 Å². The number of aromatic nitrogens is 1. The van der Waals surface area contributed by atoms with Gasteiger partial charge in [-0.2, -0.15) is 0 Å². The molecule has 108 valence electrons. The third-order valence-electron chi connectivity index (χ3n) is 3.77. The van der Waals surface area contributed by atoms with Crippen molar-refractivity contribution in [3.8, 4) is 0 Å². The second kappa shape index (κ2) is 6.20. The summed E-state index contributed by atoms with van der Waals surface area (Å²) in [4.78, 5) is 8.49.